The van der Waals surface area contributed by atoms with Gasteiger partial charge in [-0.1, -0.05) is 0 Å². The van der Waals surface area contributed by atoms with E-state index >= 15 is 0 Å². The van der Waals surface area contributed by atoms with Gasteiger partial charge in [-0.15, -0.1) is 0 Å². The topological polar surface area (TPSA) is 63.2 Å². The van der Waals surface area contributed by atoms with E-state index in [0.29, 0.717) is 18.9 Å². The molecule has 1 fully saturated rings. The zero-order chi connectivity index (χ0) is 13.0. The van der Waals surface area contributed by atoms with Crippen molar-refractivity contribution in [1.82, 2.24) is 10.3 Å². The molecule has 18 heavy (non-hydrogen) atoms. The van der Waals surface area contributed by atoms with Crippen molar-refractivity contribution < 1.29 is 9.53 Å². The quantitative estimate of drug-likeness (QED) is 0.847. The number of ether oxygens (including phenoxy) is 1. The number of anilines is 1. The Labute approximate surface area is 107 Å². The smallest absolute Gasteiger partial charge is 0.270 e. The van der Waals surface area contributed by atoms with Gasteiger partial charge >= 0.3 is 0 Å². The summed E-state index contributed by atoms with van der Waals surface area (Å²) in [4.78, 5) is 16.2. The van der Waals surface area contributed by atoms with Gasteiger partial charge in [0.15, 0.2) is 0 Å². The van der Waals surface area contributed by atoms with Crippen molar-refractivity contribution in [1.29, 1.82) is 0 Å². The Balaban J connectivity index is 2.00. The van der Waals surface area contributed by atoms with Gasteiger partial charge in [0.25, 0.3) is 5.91 Å². The molecule has 5 nitrogen and oxygen atoms in total. The Bertz CT molecular complexity index is 411. The third kappa shape index (κ3) is 2.98. The lowest BCUT2D eigenvalue weighted by Gasteiger charge is -2.23. The van der Waals surface area contributed by atoms with Crippen LogP contribution in [0, 0.1) is 0 Å². The van der Waals surface area contributed by atoms with E-state index in [9.17, 15) is 4.79 Å². The largest absolute Gasteiger partial charge is 0.384 e. The predicted octanol–water partition coefficient (Wildman–Crippen LogP) is 1.42. The molecule has 1 aliphatic heterocycles. The molecular weight excluding hydrogens is 230 g/mol. The van der Waals surface area contributed by atoms with E-state index in [0.717, 1.165) is 18.7 Å². The molecule has 0 radical (unpaired) electrons. The predicted molar refractivity (Wildman–Crippen MR) is 69.7 cm³/mol. The third-order valence-corrected chi connectivity index (χ3v) is 3.01. The van der Waals surface area contributed by atoms with Gasteiger partial charge in [-0.05, 0) is 32.4 Å². The number of rotatable bonds is 4. The number of nitrogens with one attached hydrogen (secondary N) is 2. The van der Waals surface area contributed by atoms with Crippen molar-refractivity contribution in [3.8, 4) is 0 Å². The Morgan fingerprint density at radius 2 is 2.39 bits per heavy atom. The summed E-state index contributed by atoms with van der Waals surface area (Å²) in [7, 11) is 0. The summed E-state index contributed by atoms with van der Waals surface area (Å²) >= 11 is 0. The fourth-order valence-corrected chi connectivity index (χ4v) is 1.94. The maximum Gasteiger partial charge on any atom is 0.270 e. The van der Waals surface area contributed by atoms with Crippen molar-refractivity contribution >= 4 is 11.6 Å². The first-order valence-electron chi connectivity index (χ1n) is 6.23. The van der Waals surface area contributed by atoms with E-state index in [1.165, 1.54) is 0 Å². The summed E-state index contributed by atoms with van der Waals surface area (Å²) in [5.41, 5.74) is 1.09. The minimum absolute atomic E-state index is 0.147. The summed E-state index contributed by atoms with van der Waals surface area (Å²) in [6, 6.07) is 3.59. The van der Waals surface area contributed by atoms with E-state index < -0.39 is 0 Å². The summed E-state index contributed by atoms with van der Waals surface area (Å²) < 4.78 is 5.30. The third-order valence-electron chi connectivity index (χ3n) is 3.01. The minimum atomic E-state index is -0.265. The lowest BCUT2D eigenvalue weighted by atomic mass is 10.0. The maximum atomic E-state index is 12.0. The van der Waals surface area contributed by atoms with Crippen LogP contribution in [0.4, 0.5) is 5.69 Å². The molecule has 2 N–H and O–H groups in total. The van der Waals surface area contributed by atoms with Crippen molar-refractivity contribution in [3.05, 3.63) is 24.0 Å². The second-order valence-electron chi connectivity index (χ2n) is 4.78. The lowest BCUT2D eigenvalue weighted by molar-refractivity contribution is 0.0885. The fraction of sp³-hybridized carbons (Fsp3) is 0.538. The molecular formula is C13H19N3O2. The molecule has 98 valence electrons. The number of carbonyl (C=O) groups is 1. The molecule has 2 heterocycles. The molecule has 0 aromatic carbocycles. The molecule has 0 spiro atoms. The Kier molecular flexibility index (Phi) is 3.81. The van der Waals surface area contributed by atoms with Crippen LogP contribution in [0.15, 0.2) is 18.3 Å². The highest BCUT2D eigenvalue weighted by Gasteiger charge is 2.31. The number of pyridine rings is 1. The first kappa shape index (κ1) is 12.8. The highest BCUT2D eigenvalue weighted by Crippen LogP contribution is 2.18. The lowest BCUT2D eigenvalue weighted by Crippen LogP contribution is -2.46. The summed E-state index contributed by atoms with van der Waals surface area (Å²) in [5, 5.41) is 6.12. The van der Waals surface area contributed by atoms with Gasteiger partial charge in [0, 0.05) is 13.2 Å². The molecule has 1 aromatic rings. The van der Waals surface area contributed by atoms with E-state index in [1.54, 1.807) is 12.3 Å². The first-order valence-corrected chi connectivity index (χ1v) is 6.23. The van der Waals surface area contributed by atoms with E-state index in [1.807, 2.05) is 19.9 Å². The number of hydrogen-bond donors (Lipinski definition) is 2. The van der Waals surface area contributed by atoms with Crippen molar-refractivity contribution in [2.75, 3.05) is 25.1 Å². The average molecular weight is 249 g/mol. The van der Waals surface area contributed by atoms with Gasteiger partial charge in [-0.25, -0.2) is 4.98 Å². The van der Waals surface area contributed by atoms with Gasteiger partial charge in [0.1, 0.15) is 5.69 Å². The van der Waals surface area contributed by atoms with Crippen LogP contribution in [0.3, 0.4) is 0 Å². The molecule has 1 amide bonds. The second-order valence-corrected chi connectivity index (χ2v) is 4.78. The molecule has 0 bridgehead atoms. The molecule has 1 saturated heterocycles. The molecule has 1 unspecified atom stereocenters. The van der Waals surface area contributed by atoms with Crippen LogP contribution in [0.1, 0.15) is 30.8 Å². The molecule has 1 atom stereocenters. The monoisotopic (exact) mass is 249 g/mol. The molecule has 5 heteroatoms. The van der Waals surface area contributed by atoms with Crippen LogP contribution >= 0.6 is 0 Å². The number of hydrogen-bond acceptors (Lipinski definition) is 4. The Hall–Kier alpha value is -1.62. The van der Waals surface area contributed by atoms with E-state index in [2.05, 4.69) is 15.6 Å². The number of nitrogens with zero attached hydrogens (tertiary/aromatic N) is 1. The number of aromatic nitrogens is 1. The molecule has 1 aliphatic rings. The van der Waals surface area contributed by atoms with Crippen molar-refractivity contribution in [2.24, 2.45) is 0 Å². The zero-order valence-corrected chi connectivity index (χ0v) is 10.8. The Morgan fingerprint density at radius 3 is 2.94 bits per heavy atom. The summed E-state index contributed by atoms with van der Waals surface area (Å²) in [6.07, 6.45) is 2.51. The number of amides is 1. The maximum absolute atomic E-state index is 12.0. The SMILES string of the molecule is CCNc1ccc(C(=O)NC2(C)CCOC2)nc1. The van der Waals surface area contributed by atoms with Gasteiger partial charge in [-0.2, -0.15) is 0 Å². The van der Waals surface area contributed by atoms with Crippen LogP contribution in [0.2, 0.25) is 0 Å². The Morgan fingerprint density at radius 1 is 1.56 bits per heavy atom. The van der Waals surface area contributed by atoms with Crippen LogP contribution in [0.25, 0.3) is 0 Å². The van der Waals surface area contributed by atoms with Crippen LogP contribution in [0.5, 0.6) is 0 Å². The highest BCUT2D eigenvalue weighted by atomic mass is 16.5. The zero-order valence-electron chi connectivity index (χ0n) is 10.8. The summed E-state index contributed by atoms with van der Waals surface area (Å²) in [6.45, 7) is 6.10. The van der Waals surface area contributed by atoms with Gasteiger partial charge in [0.2, 0.25) is 0 Å². The van der Waals surface area contributed by atoms with Gasteiger partial charge in [0.05, 0.1) is 24.0 Å². The standard InChI is InChI=1S/C13H19N3O2/c1-3-14-10-4-5-11(15-8-10)12(17)16-13(2)6-7-18-9-13/h4-5,8,14H,3,6-7,9H2,1-2H3,(H,16,17). The average Bonchev–Trinajstić information content (AvgIpc) is 2.77. The van der Waals surface area contributed by atoms with Crippen LogP contribution in [-0.2, 0) is 4.74 Å². The fourth-order valence-electron chi connectivity index (χ4n) is 1.94. The molecule has 0 aliphatic carbocycles. The van der Waals surface area contributed by atoms with Gasteiger partial charge < -0.3 is 15.4 Å². The van der Waals surface area contributed by atoms with Gasteiger partial charge in [-0.3, -0.25) is 4.79 Å². The van der Waals surface area contributed by atoms with E-state index in [-0.39, 0.29) is 11.4 Å². The first-order chi connectivity index (χ1) is 8.63. The normalized spacial score (nSPS) is 22.8. The molecule has 0 saturated carbocycles. The van der Waals surface area contributed by atoms with Crippen LogP contribution < -0.4 is 10.6 Å². The van der Waals surface area contributed by atoms with Crippen molar-refractivity contribution in [3.63, 3.8) is 0 Å². The minimum Gasteiger partial charge on any atom is -0.384 e. The van der Waals surface area contributed by atoms with E-state index in [4.69, 9.17) is 4.74 Å². The second kappa shape index (κ2) is 5.35. The number of carbonyl (C=O) groups excluding carboxylic acids is 1. The summed E-state index contributed by atoms with van der Waals surface area (Å²) in [5.74, 6) is -0.147. The van der Waals surface area contributed by atoms with Crippen molar-refractivity contribution in [2.45, 2.75) is 25.8 Å². The highest BCUT2D eigenvalue weighted by molar-refractivity contribution is 5.93. The molecule has 2 rings (SSSR count). The van der Waals surface area contributed by atoms with Crippen LogP contribution in [-0.4, -0.2) is 36.2 Å². The molecule has 1 aromatic heterocycles.